The first-order chi connectivity index (χ1) is 16.7. The lowest BCUT2D eigenvalue weighted by Crippen LogP contribution is -2.39. The van der Waals surface area contributed by atoms with E-state index in [2.05, 4.69) is 17.4 Å². The van der Waals surface area contributed by atoms with E-state index in [4.69, 9.17) is 19.2 Å². The quantitative estimate of drug-likeness (QED) is 0.356. The molecular formula is C28H38N2O4S. The molecule has 4 rings (SSSR count). The molecule has 0 spiro atoms. The van der Waals surface area contributed by atoms with Crippen LogP contribution in [0.5, 0.6) is 10.9 Å². The van der Waals surface area contributed by atoms with Crippen molar-refractivity contribution in [1.82, 2.24) is 10.3 Å². The van der Waals surface area contributed by atoms with E-state index in [9.17, 15) is 5.11 Å². The van der Waals surface area contributed by atoms with Crippen molar-refractivity contribution in [2.75, 3.05) is 6.54 Å². The lowest BCUT2D eigenvalue weighted by atomic mass is 10.1. The Hall–Kier alpha value is -2.19. The molecule has 3 atom stereocenters. The Bertz CT molecular complexity index is 1090. The molecule has 1 aliphatic rings. The number of thiazole rings is 1. The van der Waals surface area contributed by atoms with Crippen molar-refractivity contribution >= 4 is 21.6 Å². The largest absolute Gasteiger partial charge is 0.486 e. The van der Waals surface area contributed by atoms with Crippen LogP contribution in [-0.2, 0) is 11.3 Å². The van der Waals surface area contributed by atoms with Gasteiger partial charge in [-0.2, -0.15) is 4.98 Å². The van der Waals surface area contributed by atoms with E-state index in [1.54, 1.807) is 0 Å². The number of aliphatic hydroxyl groups is 1. The minimum Gasteiger partial charge on any atom is -0.486 e. The molecular weight excluding hydrogens is 460 g/mol. The Labute approximate surface area is 212 Å². The molecule has 2 aromatic carbocycles. The van der Waals surface area contributed by atoms with Crippen LogP contribution in [0.2, 0.25) is 0 Å². The van der Waals surface area contributed by atoms with Crippen molar-refractivity contribution in [2.24, 2.45) is 0 Å². The van der Waals surface area contributed by atoms with Crippen molar-refractivity contribution in [2.45, 2.75) is 90.4 Å². The van der Waals surface area contributed by atoms with Gasteiger partial charge < -0.3 is 24.6 Å². The maximum absolute atomic E-state index is 11.2. The van der Waals surface area contributed by atoms with Crippen LogP contribution < -0.4 is 14.8 Å². The van der Waals surface area contributed by atoms with Crippen molar-refractivity contribution < 1.29 is 19.3 Å². The highest BCUT2D eigenvalue weighted by Crippen LogP contribution is 2.40. The summed E-state index contributed by atoms with van der Waals surface area (Å²) in [5, 5.41) is 15.3. The number of aromatic nitrogens is 1. The van der Waals surface area contributed by atoms with Crippen LogP contribution in [0, 0.1) is 0 Å². The summed E-state index contributed by atoms with van der Waals surface area (Å²) in [7, 11) is 0. The average Bonchev–Trinajstić information content (AvgIpc) is 3.42. The van der Waals surface area contributed by atoms with Crippen LogP contribution in [-0.4, -0.2) is 40.5 Å². The molecule has 0 bridgehead atoms. The molecule has 3 aromatic rings. The van der Waals surface area contributed by atoms with E-state index in [0.717, 1.165) is 35.0 Å². The fourth-order valence-corrected chi connectivity index (χ4v) is 5.54. The predicted octanol–water partition coefficient (Wildman–Crippen LogP) is 6.02. The standard InChI is InChI=1S/C28H38N2O4S/c1-18(2)33-27-30-25-24(34-28(3,4)5)15-14-20(26(25)35-27)22(31)16-29-21-12-9-13-23(21)32-17-19-10-7-6-8-11-19/h6-8,10-11,14-15,18,21-23,29,31H,9,12-13,16-17H2,1-5H3/t21?,22-,23?/m1/s1. The molecule has 0 amide bonds. The summed E-state index contributed by atoms with van der Waals surface area (Å²) in [6.07, 6.45) is 2.71. The molecule has 2 N–H and O–H groups in total. The van der Waals surface area contributed by atoms with Crippen LogP contribution in [0.4, 0.5) is 0 Å². The first-order valence-corrected chi connectivity index (χ1v) is 13.4. The van der Waals surface area contributed by atoms with Gasteiger partial charge in [0.15, 0.2) is 0 Å². The van der Waals surface area contributed by atoms with Gasteiger partial charge in [-0.3, -0.25) is 0 Å². The molecule has 35 heavy (non-hydrogen) atoms. The van der Waals surface area contributed by atoms with Gasteiger partial charge in [0.05, 0.1) is 29.6 Å². The van der Waals surface area contributed by atoms with Gasteiger partial charge in [0, 0.05) is 18.2 Å². The summed E-state index contributed by atoms with van der Waals surface area (Å²) in [4.78, 5) is 4.70. The number of ether oxygens (including phenoxy) is 3. The van der Waals surface area contributed by atoms with Crippen LogP contribution in [0.15, 0.2) is 42.5 Å². The Morgan fingerprint density at radius 2 is 1.89 bits per heavy atom. The van der Waals surface area contributed by atoms with Crippen molar-refractivity contribution in [3.05, 3.63) is 53.6 Å². The molecule has 0 saturated heterocycles. The summed E-state index contributed by atoms with van der Waals surface area (Å²) < 4.78 is 19.2. The lowest BCUT2D eigenvalue weighted by molar-refractivity contribution is 0.0249. The summed E-state index contributed by atoms with van der Waals surface area (Å²) >= 11 is 1.46. The highest BCUT2D eigenvalue weighted by molar-refractivity contribution is 7.20. The van der Waals surface area contributed by atoms with E-state index in [1.807, 2.05) is 65.0 Å². The third-order valence-corrected chi connectivity index (χ3v) is 6.96. The van der Waals surface area contributed by atoms with Gasteiger partial charge in [0.1, 0.15) is 16.9 Å². The first-order valence-electron chi connectivity index (χ1n) is 12.6. The SMILES string of the molecule is CC(C)Oc1nc2c(OC(C)(C)C)ccc([C@H](O)CNC3CCCC3OCc3ccccc3)c2s1. The summed E-state index contributed by atoms with van der Waals surface area (Å²) in [6, 6.07) is 14.4. The van der Waals surface area contributed by atoms with E-state index in [-0.39, 0.29) is 23.9 Å². The van der Waals surface area contributed by atoms with Crippen molar-refractivity contribution in [3.8, 4) is 10.9 Å². The maximum atomic E-state index is 11.2. The molecule has 2 unspecified atom stereocenters. The van der Waals surface area contributed by atoms with Gasteiger partial charge in [0.25, 0.3) is 5.19 Å². The number of hydrogen-bond donors (Lipinski definition) is 2. The molecule has 1 fully saturated rings. The number of nitrogens with one attached hydrogen (secondary N) is 1. The number of fused-ring (bicyclic) bond motifs is 1. The smallest absolute Gasteiger partial charge is 0.274 e. The van der Waals surface area contributed by atoms with Gasteiger partial charge in [-0.05, 0) is 65.5 Å². The number of benzene rings is 2. The van der Waals surface area contributed by atoms with Crippen molar-refractivity contribution in [3.63, 3.8) is 0 Å². The van der Waals surface area contributed by atoms with Gasteiger partial charge in [0.2, 0.25) is 0 Å². The second-order valence-corrected chi connectivity index (χ2v) is 11.4. The number of rotatable bonds is 10. The Morgan fingerprint density at radius 1 is 1.11 bits per heavy atom. The third-order valence-electron chi connectivity index (χ3n) is 5.96. The van der Waals surface area contributed by atoms with E-state index >= 15 is 0 Å². The van der Waals surface area contributed by atoms with Crippen LogP contribution >= 0.6 is 11.3 Å². The summed E-state index contributed by atoms with van der Waals surface area (Å²) in [5.74, 6) is 0.705. The molecule has 1 heterocycles. The van der Waals surface area contributed by atoms with Crippen LogP contribution in [0.25, 0.3) is 10.2 Å². The first kappa shape index (κ1) is 25.9. The minimum absolute atomic E-state index is 0.0211. The Kier molecular flexibility index (Phi) is 8.32. The van der Waals surface area contributed by atoms with Crippen molar-refractivity contribution in [1.29, 1.82) is 0 Å². The molecule has 1 aromatic heterocycles. The van der Waals surface area contributed by atoms with Crippen LogP contribution in [0.3, 0.4) is 0 Å². The molecule has 6 nitrogen and oxygen atoms in total. The second kappa shape index (κ2) is 11.2. The zero-order chi connectivity index (χ0) is 25.0. The highest BCUT2D eigenvalue weighted by Gasteiger charge is 2.29. The van der Waals surface area contributed by atoms with Crippen LogP contribution in [0.1, 0.15) is 71.1 Å². The van der Waals surface area contributed by atoms with E-state index in [0.29, 0.717) is 24.1 Å². The number of nitrogens with zero attached hydrogens (tertiary/aromatic N) is 1. The molecule has 190 valence electrons. The zero-order valence-electron chi connectivity index (χ0n) is 21.4. The van der Waals surface area contributed by atoms with Gasteiger partial charge in [-0.1, -0.05) is 47.7 Å². The molecule has 1 saturated carbocycles. The second-order valence-electron chi connectivity index (χ2n) is 10.5. The minimum atomic E-state index is -0.677. The molecule has 0 aliphatic heterocycles. The van der Waals surface area contributed by atoms with Gasteiger partial charge in [-0.15, -0.1) is 0 Å². The highest BCUT2D eigenvalue weighted by atomic mass is 32.1. The fraction of sp³-hybridized carbons (Fsp3) is 0.536. The normalized spacial score (nSPS) is 19.4. The van der Waals surface area contributed by atoms with Gasteiger partial charge in [-0.25, -0.2) is 0 Å². The Balaban J connectivity index is 1.46. The predicted molar refractivity (Wildman–Crippen MR) is 141 cm³/mol. The molecule has 0 radical (unpaired) electrons. The monoisotopic (exact) mass is 498 g/mol. The molecule has 1 aliphatic carbocycles. The average molecular weight is 499 g/mol. The summed E-state index contributed by atoms with van der Waals surface area (Å²) in [5.41, 5.74) is 2.41. The third kappa shape index (κ3) is 6.94. The van der Waals surface area contributed by atoms with E-state index < -0.39 is 6.10 Å². The molecule has 7 heteroatoms. The maximum Gasteiger partial charge on any atom is 0.274 e. The topological polar surface area (TPSA) is 72.8 Å². The number of aliphatic hydroxyl groups excluding tert-OH is 1. The summed E-state index contributed by atoms with van der Waals surface area (Å²) in [6.45, 7) is 11.1. The number of hydrogen-bond acceptors (Lipinski definition) is 7. The van der Waals surface area contributed by atoms with Gasteiger partial charge >= 0.3 is 0 Å². The lowest BCUT2D eigenvalue weighted by Gasteiger charge is -2.24. The Morgan fingerprint density at radius 3 is 2.60 bits per heavy atom. The zero-order valence-corrected chi connectivity index (χ0v) is 22.2. The fourth-order valence-electron chi connectivity index (χ4n) is 4.42. The van der Waals surface area contributed by atoms with E-state index in [1.165, 1.54) is 16.9 Å².